The van der Waals surface area contributed by atoms with Gasteiger partial charge in [0.05, 0.1) is 21.8 Å². The molecule has 9 nitrogen and oxygen atoms in total. The Bertz CT molecular complexity index is 2640. The summed E-state index contributed by atoms with van der Waals surface area (Å²) in [7, 11) is 0. The van der Waals surface area contributed by atoms with E-state index in [1.807, 2.05) is 18.2 Å². The van der Waals surface area contributed by atoms with Gasteiger partial charge >= 0.3 is 5.97 Å². The second-order valence-electron chi connectivity index (χ2n) is 16.5. The average molecular weight is 836 g/mol. The van der Waals surface area contributed by atoms with Gasteiger partial charge in [0.15, 0.2) is 11.6 Å². The van der Waals surface area contributed by atoms with Gasteiger partial charge in [0.1, 0.15) is 29.7 Å². The molecule has 302 valence electrons. The van der Waals surface area contributed by atoms with E-state index in [1.54, 1.807) is 42.5 Å². The van der Waals surface area contributed by atoms with Crippen LogP contribution in [0.25, 0.3) is 42.4 Å². The standard InChI is InChI=1S/C23H18FNO6S.C23H21FO2S/c24-15-5-3-13(4-6-15)19-17-8-7-16(11-18(17)32-21(19)20(26)14-1-2-14)31-22(27)23(9-10-23)12-30-25(28)29;1-23(10-11-23)13-26-17-8-9-18-19(12-17)27-22(21(25)15-2-3-15)20(18)14-4-6-16(24)7-5-14/h3-8,11,14H,1-2,9-10,12H2;4-9,12,15H,2-3,10-11,13H2,1H3. The minimum atomic E-state index is -0.982. The van der Waals surface area contributed by atoms with Gasteiger partial charge in [0, 0.05) is 48.5 Å². The lowest BCUT2D eigenvalue weighted by molar-refractivity contribution is -0.759. The smallest absolute Gasteiger partial charge is 0.319 e. The number of hydrogen-bond donors (Lipinski definition) is 0. The summed E-state index contributed by atoms with van der Waals surface area (Å²) in [5, 5.41) is 11.4. The fourth-order valence-electron chi connectivity index (χ4n) is 7.09. The summed E-state index contributed by atoms with van der Waals surface area (Å²) in [6.45, 7) is 2.66. The molecular formula is C46H39F2NO8S2. The zero-order valence-electron chi connectivity index (χ0n) is 32.1. The zero-order valence-corrected chi connectivity index (χ0v) is 33.7. The van der Waals surface area contributed by atoms with Gasteiger partial charge in [-0.25, -0.2) is 8.78 Å². The molecule has 4 aliphatic rings. The van der Waals surface area contributed by atoms with Gasteiger partial charge in [0.25, 0.3) is 5.09 Å². The van der Waals surface area contributed by atoms with Crippen LogP contribution in [-0.4, -0.2) is 35.8 Å². The summed E-state index contributed by atoms with van der Waals surface area (Å²) in [4.78, 5) is 54.7. The van der Waals surface area contributed by atoms with E-state index in [0.29, 0.717) is 28.9 Å². The third kappa shape index (κ3) is 8.36. The maximum absolute atomic E-state index is 13.5. The minimum absolute atomic E-state index is 0.0240. The normalized spacial score (nSPS) is 17.1. The quantitative estimate of drug-likeness (QED) is 0.0349. The highest BCUT2D eigenvalue weighted by Crippen LogP contribution is 2.49. The van der Waals surface area contributed by atoms with Crippen LogP contribution >= 0.6 is 22.7 Å². The molecule has 10 rings (SSSR count). The van der Waals surface area contributed by atoms with Crippen molar-refractivity contribution in [2.75, 3.05) is 13.2 Å². The fourth-order valence-corrected chi connectivity index (χ4v) is 9.63. The van der Waals surface area contributed by atoms with Crippen LogP contribution in [-0.2, 0) is 9.63 Å². The van der Waals surface area contributed by atoms with Gasteiger partial charge < -0.3 is 14.3 Å². The van der Waals surface area contributed by atoms with Crippen molar-refractivity contribution in [2.24, 2.45) is 22.7 Å². The molecule has 4 saturated carbocycles. The molecule has 0 radical (unpaired) electrons. The third-order valence-electron chi connectivity index (χ3n) is 11.6. The maximum Gasteiger partial charge on any atom is 0.319 e. The molecule has 0 spiro atoms. The van der Waals surface area contributed by atoms with Crippen molar-refractivity contribution in [3.63, 3.8) is 0 Å². The first-order valence-corrected chi connectivity index (χ1v) is 21.4. The van der Waals surface area contributed by atoms with E-state index in [9.17, 15) is 33.3 Å². The summed E-state index contributed by atoms with van der Waals surface area (Å²) in [5.41, 5.74) is 2.69. The first-order chi connectivity index (χ1) is 28.4. The van der Waals surface area contributed by atoms with Crippen molar-refractivity contribution in [1.29, 1.82) is 0 Å². The van der Waals surface area contributed by atoms with E-state index < -0.39 is 16.5 Å². The molecule has 0 unspecified atom stereocenters. The van der Waals surface area contributed by atoms with Gasteiger partial charge in [-0.1, -0.05) is 31.2 Å². The molecule has 4 aromatic carbocycles. The Balaban J connectivity index is 0.000000154. The number of fused-ring (bicyclic) bond motifs is 2. The van der Waals surface area contributed by atoms with Crippen molar-refractivity contribution in [3.8, 4) is 33.8 Å². The molecule has 2 aromatic heterocycles. The Labute approximate surface area is 346 Å². The number of halogens is 2. The summed E-state index contributed by atoms with van der Waals surface area (Å²) in [6.07, 6.45) is 7.07. The molecule has 0 saturated heterocycles. The van der Waals surface area contributed by atoms with Crippen LogP contribution in [0.1, 0.15) is 77.6 Å². The topological polar surface area (TPSA) is 122 Å². The second-order valence-corrected chi connectivity index (χ2v) is 18.6. The molecule has 0 N–H and O–H groups in total. The number of carbonyl (C=O) groups excluding carboxylic acids is 3. The van der Waals surface area contributed by atoms with E-state index in [1.165, 1.54) is 59.8 Å². The molecule has 13 heteroatoms. The number of carbonyl (C=O) groups is 3. The van der Waals surface area contributed by atoms with E-state index in [0.717, 1.165) is 85.3 Å². The number of ether oxygens (including phenoxy) is 2. The number of hydrogen-bond acceptors (Lipinski definition) is 10. The van der Waals surface area contributed by atoms with Crippen LogP contribution in [0.15, 0.2) is 84.9 Å². The van der Waals surface area contributed by atoms with Gasteiger partial charge in [0.2, 0.25) is 0 Å². The number of benzene rings is 4. The number of thiophene rings is 2. The third-order valence-corrected chi connectivity index (χ3v) is 13.9. The van der Waals surface area contributed by atoms with Crippen molar-refractivity contribution < 1.29 is 42.6 Å². The Kier molecular flexibility index (Phi) is 10.1. The van der Waals surface area contributed by atoms with E-state index >= 15 is 0 Å². The number of ketones is 2. The molecule has 59 heavy (non-hydrogen) atoms. The summed E-state index contributed by atoms with van der Waals surface area (Å²) >= 11 is 2.87. The highest BCUT2D eigenvalue weighted by atomic mass is 32.1. The van der Waals surface area contributed by atoms with Gasteiger partial charge in [-0.05, 0) is 123 Å². The van der Waals surface area contributed by atoms with Crippen molar-refractivity contribution in [1.82, 2.24) is 0 Å². The molecule has 0 atom stereocenters. The Morgan fingerprint density at radius 1 is 0.695 bits per heavy atom. The van der Waals surface area contributed by atoms with Crippen LogP contribution in [0.2, 0.25) is 0 Å². The van der Waals surface area contributed by atoms with Gasteiger partial charge in [-0.15, -0.1) is 32.8 Å². The van der Waals surface area contributed by atoms with Crippen LogP contribution in [0.5, 0.6) is 11.5 Å². The molecule has 2 heterocycles. The molecular weight excluding hydrogens is 797 g/mol. The summed E-state index contributed by atoms with van der Waals surface area (Å²) in [5.74, 6) is 0.453. The van der Waals surface area contributed by atoms with Gasteiger partial charge in [-0.3, -0.25) is 14.4 Å². The van der Waals surface area contributed by atoms with Crippen LogP contribution in [0.4, 0.5) is 8.78 Å². The Morgan fingerprint density at radius 3 is 1.61 bits per heavy atom. The van der Waals surface area contributed by atoms with Crippen LogP contribution < -0.4 is 9.47 Å². The maximum atomic E-state index is 13.5. The highest BCUT2D eigenvalue weighted by molar-refractivity contribution is 7.22. The number of Topliss-reactive ketones (excluding diaryl/α,β-unsaturated/α-hetero) is 2. The van der Waals surface area contributed by atoms with Crippen LogP contribution in [0.3, 0.4) is 0 Å². The molecule has 0 bridgehead atoms. The zero-order chi connectivity index (χ0) is 41.1. The molecule has 4 aliphatic carbocycles. The first-order valence-electron chi connectivity index (χ1n) is 19.7. The summed E-state index contributed by atoms with van der Waals surface area (Å²) < 4.78 is 40.2. The SMILES string of the molecule is CC1(COc2ccc3c(-c4ccc(F)cc4)c(C(=O)C4CC4)sc3c2)CC1.O=C(c1sc2cc(OC(=O)C3(CO[N+](=O)[O-])CC3)ccc2c1-c1ccc(F)cc1)C1CC1. The largest absolute Gasteiger partial charge is 0.493 e. The fraction of sp³-hybridized carbons (Fsp3) is 0.326. The van der Waals surface area contributed by atoms with E-state index in [4.69, 9.17) is 9.47 Å². The average Bonchev–Trinajstić information content (AvgIpc) is 4.01. The Morgan fingerprint density at radius 2 is 1.17 bits per heavy atom. The first kappa shape index (κ1) is 39.0. The monoisotopic (exact) mass is 835 g/mol. The highest BCUT2D eigenvalue weighted by Gasteiger charge is 2.52. The lowest BCUT2D eigenvalue weighted by atomic mass is 9.99. The van der Waals surface area contributed by atoms with Gasteiger partial charge in [-0.2, -0.15) is 0 Å². The van der Waals surface area contributed by atoms with E-state index in [2.05, 4.69) is 11.8 Å². The number of nitrogens with zero attached hydrogens (tertiary/aromatic N) is 1. The lowest BCUT2D eigenvalue weighted by Gasteiger charge is -2.13. The van der Waals surface area contributed by atoms with Crippen molar-refractivity contribution in [3.05, 3.63) is 116 Å². The molecule has 6 aromatic rings. The molecule has 0 aliphatic heterocycles. The predicted octanol–water partition coefficient (Wildman–Crippen LogP) is 11.7. The minimum Gasteiger partial charge on any atom is -0.493 e. The Hall–Kier alpha value is -5.53. The lowest BCUT2D eigenvalue weighted by Crippen LogP contribution is -2.27. The van der Waals surface area contributed by atoms with Crippen molar-refractivity contribution in [2.45, 2.75) is 58.3 Å². The summed E-state index contributed by atoms with van der Waals surface area (Å²) in [6, 6.07) is 23.7. The second kappa shape index (κ2) is 15.3. The van der Waals surface area contributed by atoms with Crippen LogP contribution in [0, 0.1) is 44.4 Å². The number of esters is 1. The molecule has 0 amide bonds. The number of rotatable bonds is 14. The predicted molar refractivity (Wildman–Crippen MR) is 222 cm³/mol. The van der Waals surface area contributed by atoms with E-state index in [-0.39, 0.29) is 41.6 Å². The molecule has 4 fully saturated rings. The van der Waals surface area contributed by atoms with Crippen molar-refractivity contribution >= 4 is 60.4 Å².